The molecule has 4 fully saturated rings. The largest absolute Gasteiger partial charge is 0.459 e. The molecule has 0 aromatic rings. The van der Waals surface area contributed by atoms with Gasteiger partial charge in [0, 0.05) is 6.42 Å². The Kier molecular flexibility index (Phi) is 3.49. The molecule has 0 amide bonds. The van der Waals surface area contributed by atoms with Crippen molar-refractivity contribution < 1.29 is 28.2 Å². The SMILES string of the molecule is O=C(OCCOC12CC3CC(CC(O)(C3)C1)C2)C(F)F. The number of carbonyl (C=O) groups is 1. The Balaban J connectivity index is 1.51. The zero-order chi connectivity index (χ0) is 14.4. The van der Waals surface area contributed by atoms with Crippen LogP contribution in [0.4, 0.5) is 8.78 Å². The highest BCUT2D eigenvalue weighted by Gasteiger charge is 2.57. The third-order valence-corrected chi connectivity index (χ3v) is 4.89. The lowest BCUT2D eigenvalue weighted by Gasteiger charge is -2.59. The lowest BCUT2D eigenvalue weighted by molar-refractivity contribution is -0.223. The van der Waals surface area contributed by atoms with Gasteiger partial charge >= 0.3 is 12.4 Å². The van der Waals surface area contributed by atoms with E-state index in [1.807, 2.05) is 0 Å². The number of esters is 1. The van der Waals surface area contributed by atoms with Crippen LogP contribution in [-0.2, 0) is 14.3 Å². The first kappa shape index (κ1) is 14.2. The maximum absolute atomic E-state index is 12.0. The van der Waals surface area contributed by atoms with Gasteiger partial charge in [-0.1, -0.05) is 0 Å². The minimum atomic E-state index is -3.09. The van der Waals surface area contributed by atoms with E-state index in [0.29, 0.717) is 18.3 Å². The van der Waals surface area contributed by atoms with Crippen LogP contribution in [0.3, 0.4) is 0 Å². The summed E-state index contributed by atoms with van der Waals surface area (Å²) in [6, 6.07) is 0. The first-order valence-corrected chi connectivity index (χ1v) is 7.21. The average molecular weight is 290 g/mol. The maximum atomic E-state index is 12.0. The molecule has 4 nitrogen and oxygen atoms in total. The van der Waals surface area contributed by atoms with Gasteiger partial charge in [-0.2, -0.15) is 8.78 Å². The summed E-state index contributed by atoms with van der Waals surface area (Å²) < 4.78 is 34.2. The highest BCUT2D eigenvalue weighted by molar-refractivity contribution is 5.72. The number of halogens is 2. The molecule has 0 aromatic heterocycles. The van der Waals surface area contributed by atoms with Gasteiger partial charge in [0.1, 0.15) is 6.61 Å². The number of alkyl halides is 2. The van der Waals surface area contributed by atoms with Gasteiger partial charge in [-0.3, -0.25) is 0 Å². The summed E-state index contributed by atoms with van der Waals surface area (Å²) in [5.41, 5.74) is -0.945. The van der Waals surface area contributed by atoms with Gasteiger partial charge in [-0.15, -0.1) is 0 Å². The highest BCUT2D eigenvalue weighted by atomic mass is 19.3. The van der Waals surface area contributed by atoms with Gasteiger partial charge in [0.15, 0.2) is 0 Å². The summed E-state index contributed by atoms with van der Waals surface area (Å²) in [4.78, 5) is 10.6. The molecule has 2 atom stereocenters. The molecule has 0 saturated heterocycles. The molecule has 0 radical (unpaired) electrons. The summed E-state index contributed by atoms with van der Waals surface area (Å²) in [5.74, 6) is -0.493. The van der Waals surface area contributed by atoms with Crippen LogP contribution in [0.15, 0.2) is 0 Å². The fourth-order valence-corrected chi connectivity index (χ4v) is 4.76. The minimum absolute atomic E-state index is 0.119. The second-order valence-electron chi connectivity index (χ2n) is 6.69. The smallest absolute Gasteiger partial charge is 0.373 e. The summed E-state index contributed by atoms with van der Waals surface area (Å²) in [5, 5.41) is 10.5. The zero-order valence-corrected chi connectivity index (χ0v) is 11.3. The van der Waals surface area contributed by atoms with Gasteiger partial charge in [0.05, 0.1) is 17.8 Å². The van der Waals surface area contributed by atoms with E-state index in [9.17, 15) is 18.7 Å². The van der Waals surface area contributed by atoms with E-state index in [0.717, 1.165) is 32.1 Å². The third-order valence-electron chi connectivity index (χ3n) is 4.89. The third kappa shape index (κ3) is 2.68. The predicted octanol–water partition coefficient (Wildman–Crippen LogP) is 1.90. The molecule has 0 aliphatic heterocycles. The highest BCUT2D eigenvalue weighted by Crippen LogP contribution is 2.58. The summed E-state index contributed by atoms with van der Waals surface area (Å²) in [6.07, 6.45) is 2.26. The van der Waals surface area contributed by atoms with Crippen molar-refractivity contribution in [2.75, 3.05) is 13.2 Å². The number of ether oxygens (including phenoxy) is 2. The van der Waals surface area contributed by atoms with Gasteiger partial charge in [-0.25, -0.2) is 4.79 Å². The van der Waals surface area contributed by atoms with E-state index in [-0.39, 0.29) is 18.8 Å². The number of hydrogen-bond acceptors (Lipinski definition) is 4. The van der Waals surface area contributed by atoms with E-state index < -0.39 is 18.0 Å². The first-order valence-electron chi connectivity index (χ1n) is 7.21. The fourth-order valence-electron chi connectivity index (χ4n) is 4.76. The molecule has 114 valence electrons. The molecule has 0 spiro atoms. The van der Waals surface area contributed by atoms with Crippen LogP contribution in [0.2, 0.25) is 0 Å². The number of aliphatic hydroxyl groups is 1. The lowest BCUT2D eigenvalue weighted by Crippen LogP contribution is -2.60. The predicted molar refractivity (Wildman–Crippen MR) is 65.3 cm³/mol. The summed E-state index contributed by atoms with van der Waals surface area (Å²) in [6.45, 7) is -0.0351. The van der Waals surface area contributed by atoms with E-state index in [1.165, 1.54) is 0 Å². The van der Waals surface area contributed by atoms with E-state index in [2.05, 4.69) is 4.74 Å². The van der Waals surface area contributed by atoms with Crippen LogP contribution < -0.4 is 0 Å². The Morgan fingerprint density at radius 3 is 2.40 bits per heavy atom. The first-order chi connectivity index (χ1) is 9.40. The van der Waals surface area contributed by atoms with E-state index >= 15 is 0 Å². The number of rotatable bonds is 5. The maximum Gasteiger partial charge on any atom is 0.373 e. The molecule has 20 heavy (non-hydrogen) atoms. The standard InChI is InChI=1S/C14H20F2O4/c15-11(16)12(17)19-1-2-20-14-6-9-3-10(7-14)5-13(18,4-9)8-14/h9-11,18H,1-8H2. The Morgan fingerprint density at radius 2 is 1.85 bits per heavy atom. The number of carbonyl (C=O) groups excluding carboxylic acids is 1. The fraction of sp³-hybridized carbons (Fsp3) is 0.929. The molecule has 4 bridgehead atoms. The molecular formula is C14H20F2O4. The van der Waals surface area contributed by atoms with Crippen molar-refractivity contribution in [2.45, 2.75) is 56.2 Å². The van der Waals surface area contributed by atoms with Crippen molar-refractivity contribution in [1.82, 2.24) is 0 Å². The molecule has 4 saturated carbocycles. The Labute approximate surface area is 116 Å². The van der Waals surface area contributed by atoms with Crippen LogP contribution in [0.5, 0.6) is 0 Å². The Morgan fingerprint density at radius 1 is 1.20 bits per heavy atom. The van der Waals surface area contributed by atoms with Crippen molar-refractivity contribution in [2.24, 2.45) is 11.8 Å². The minimum Gasteiger partial charge on any atom is -0.459 e. The van der Waals surface area contributed by atoms with Crippen molar-refractivity contribution >= 4 is 5.97 Å². The molecule has 1 N–H and O–H groups in total. The van der Waals surface area contributed by atoms with E-state index in [1.54, 1.807) is 0 Å². The van der Waals surface area contributed by atoms with Crippen LogP contribution in [0.25, 0.3) is 0 Å². The second-order valence-corrected chi connectivity index (χ2v) is 6.69. The van der Waals surface area contributed by atoms with Crippen LogP contribution >= 0.6 is 0 Å². The van der Waals surface area contributed by atoms with E-state index in [4.69, 9.17) is 4.74 Å². The van der Waals surface area contributed by atoms with Gasteiger partial charge in [-0.05, 0) is 43.9 Å². The van der Waals surface area contributed by atoms with Gasteiger partial charge in [0.25, 0.3) is 0 Å². The second kappa shape index (κ2) is 4.91. The molecular weight excluding hydrogens is 270 g/mol. The molecule has 4 aliphatic carbocycles. The van der Waals surface area contributed by atoms with Crippen LogP contribution in [0, 0.1) is 11.8 Å². The van der Waals surface area contributed by atoms with Gasteiger partial charge < -0.3 is 14.6 Å². The van der Waals surface area contributed by atoms with Crippen molar-refractivity contribution in [3.63, 3.8) is 0 Å². The Bertz CT molecular complexity index is 385. The average Bonchev–Trinajstić information content (AvgIpc) is 2.31. The summed E-state index contributed by atoms with van der Waals surface area (Å²) >= 11 is 0. The lowest BCUT2D eigenvalue weighted by atomic mass is 9.52. The Hall–Kier alpha value is -0.750. The molecule has 4 aliphatic rings. The monoisotopic (exact) mass is 290 g/mol. The van der Waals surface area contributed by atoms with Crippen molar-refractivity contribution in [3.8, 4) is 0 Å². The summed E-state index contributed by atoms with van der Waals surface area (Å²) in [7, 11) is 0. The molecule has 0 heterocycles. The quantitative estimate of drug-likeness (QED) is 0.620. The molecule has 2 unspecified atom stereocenters. The van der Waals surface area contributed by atoms with Crippen LogP contribution in [-0.4, -0.2) is 41.9 Å². The normalized spacial score (nSPS) is 42.2. The zero-order valence-electron chi connectivity index (χ0n) is 11.3. The van der Waals surface area contributed by atoms with Crippen LogP contribution in [0.1, 0.15) is 38.5 Å². The molecule has 6 heteroatoms. The molecule has 4 rings (SSSR count). The number of hydrogen-bond donors (Lipinski definition) is 1. The topological polar surface area (TPSA) is 55.8 Å². The van der Waals surface area contributed by atoms with Gasteiger partial charge in [0.2, 0.25) is 0 Å². The van der Waals surface area contributed by atoms with Crippen molar-refractivity contribution in [1.29, 1.82) is 0 Å². The van der Waals surface area contributed by atoms with Crippen molar-refractivity contribution in [3.05, 3.63) is 0 Å². The molecule has 0 aromatic carbocycles.